The summed E-state index contributed by atoms with van der Waals surface area (Å²) in [6.45, 7) is 3.16. The van der Waals surface area contributed by atoms with Gasteiger partial charge in [0.25, 0.3) is 5.91 Å². The fraction of sp³-hybridized carbons (Fsp3) is 0.176. The standard InChI is InChI=1S/C17H17FN2O2/c1-11-14(18)9-6-10-15(11)20-16(21)12(2)19-17(22)13-7-4-3-5-8-13/h3-10,12H,1-2H3,(H,19,22)(H,20,21). The fourth-order valence-corrected chi connectivity index (χ4v) is 1.92. The number of carbonyl (C=O) groups excluding carboxylic acids is 2. The molecule has 2 rings (SSSR count). The number of benzene rings is 2. The zero-order valence-corrected chi connectivity index (χ0v) is 12.4. The van der Waals surface area contributed by atoms with E-state index in [1.165, 1.54) is 12.1 Å². The lowest BCUT2D eigenvalue weighted by Crippen LogP contribution is -2.41. The van der Waals surface area contributed by atoms with Crippen molar-refractivity contribution in [3.63, 3.8) is 0 Å². The van der Waals surface area contributed by atoms with Crippen LogP contribution in [0.15, 0.2) is 48.5 Å². The van der Waals surface area contributed by atoms with Crippen molar-refractivity contribution in [2.24, 2.45) is 0 Å². The second-order valence-electron chi connectivity index (χ2n) is 4.96. The Balaban J connectivity index is 2.01. The first-order chi connectivity index (χ1) is 10.5. The second kappa shape index (κ2) is 6.85. The zero-order chi connectivity index (χ0) is 16.1. The third-order valence-corrected chi connectivity index (χ3v) is 3.30. The Labute approximate surface area is 128 Å². The molecule has 114 valence electrons. The molecule has 22 heavy (non-hydrogen) atoms. The van der Waals surface area contributed by atoms with Gasteiger partial charge >= 0.3 is 0 Å². The summed E-state index contributed by atoms with van der Waals surface area (Å²) in [5.74, 6) is -1.13. The van der Waals surface area contributed by atoms with E-state index in [0.717, 1.165) is 0 Å². The van der Waals surface area contributed by atoms with Crippen molar-refractivity contribution in [3.8, 4) is 0 Å². The highest BCUT2D eigenvalue weighted by Crippen LogP contribution is 2.17. The first-order valence-electron chi connectivity index (χ1n) is 6.91. The Hall–Kier alpha value is -2.69. The van der Waals surface area contributed by atoms with Gasteiger partial charge in [0.1, 0.15) is 11.9 Å². The first kappa shape index (κ1) is 15.7. The van der Waals surface area contributed by atoms with Gasteiger partial charge in [-0.15, -0.1) is 0 Å². The van der Waals surface area contributed by atoms with Crippen LogP contribution in [0.2, 0.25) is 0 Å². The van der Waals surface area contributed by atoms with Gasteiger partial charge in [-0.05, 0) is 38.1 Å². The van der Waals surface area contributed by atoms with E-state index in [4.69, 9.17) is 0 Å². The maximum Gasteiger partial charge on any atom is 0.251 e. The van der Waals surface area contributed by atoms with Crippen molar-refractivity contribution in [3.05, 3.63) is 65.5 Å². The Morgan fingerprint density at radius 3 is 2.41 bits per heavy atom. The number of rotatable bonds is 4. The number of halogens is 1. The number of nitrogens with one attached hydrogen (secondary N) is 2. The number of carbonyl (C=O) groups is 2. The summed E-state index contributed by atoms with van der Waals surface area (Å²) in [6, 6.07) is 12.3. The number of hydrogen-bond acceptors (Lipinski definition) is 2. The van der Waals surface area contributed by atoms with Gasteiger partial charge in [0.15, 0.2) is 0 Å². The molecule has 0 aliphatic heterocycles. The number of amides is 2. The van der Waals surface area contributed by atoms with Crippen LogP contribution in [0.4, 0.5) is 10.1 Å². The van der Waals surface area contributed by atoms with E-state index < -0.39 is 17.8 Å². The highest BCUT2D eigenvalue weighted by Gasteiger charge is 2.17. The second-order valence-corrected chi connectivity index (χ2v) is 4.96. The van der Waals surface area contributed by atoms with Crippen molar-refractivity contribution < 1.29 is 14.0 Å². The molecule has 0 saturated carbocycles. The average Bonchev–Trinajstić information content (AvgIpc) is 2.52. The topological polar surface area (TPSA) is 58.2 Å². The van der Waals surface area contributed by atoms with Gasteiger partial charge < -0.3 is 10.6 Å². The van der Waals surface area contributed by atoms with Gasteiger partial charge in [-0.3, -0.25) is 9.59 Å². The van der Waals surface area contributed by atoms with Crippen LogP contribution < -0.4 is 10.6 Å². The minimum atomic E-state index is -0.740. The molecule has 5 heteroatoms. The number of anilines is 1. The van der Waals surface area contributed by atoms with E-state index in [1.807, 2.05) is 0 Å². The maximum absolute atomic E-state index is 13.4. The van der Waals surface area contributed by atoms with Crippen molar-refractivity contribution in [1.29, 1.82) is 0 Å². The van der Waals surface area contributed by atoms with Crippen LogP contribution in [0, 0.1) is 12.7 Å². The van der Waals surface area contributed by atoms with Gasteiger partial charge in [-0.2, -0.15) is 0 Å². The van der Waals surface area contributed by atoms with Gasteiger partial charge in [-0.1, -0.05) is 24.3 Å². The summed E-state index contributed by atoms with van der Waals surface area (Å²) in [6.07, 6.45) is 0. The van der Waals surface area contributed by atoms with E-state index in [9.17, 15) is 14.0 Å². The van der Waals surface area contributed by atoms with Crippen LogP contribution in [0.1, 0.15) is 22.8 Å². The molecule has 0 aromatic heterocycles. The molecule has 0 aliphatic rings. The van der Waals surface area contributed by atoms with Crippen molar-refractivity contribution >= 4 is 17.5 Å². The third kappa shape index (κ3) is 3.69. The number of hydrogen-bond donors (Lipinski definition) is 2. The molecular formula is C17H17FN2O2. The van der Waals surface area contributed by atoms with E-state index in [2.05, 4.69) is 10.6 Å². The molecule has 0 spiro atoms. The van der Waals surface area contributed by atoms with Crippen LogP contribution in [0.3, 0.4) is 0 Å². The lowest BCUT2D eigenvalue weighted by molar-refractivity contribution is -0.117. The lowest BCUT2D eigenvalue weighted by atomic mass is 10.1. The maximum atomic E-state index is 13.4. The van der Waals surface area contributed by atoms with Gasteiger partial charge in [-0.25, -0.2) is 4.39 Å². The molecule has 1 unspecified atom stereocenters. The Morgan fingerprint density at radius 2 is 1.73 bits per heavy atom. The smallest absolute Gasteiger partial charge is 0.251 e. The van der Waals surface area contributed by atoms with Crippen LogP contribution in [0.5, 0.6) is 0 Å². The minimum Gasteiger partial charge on any atom is -0.341 e. The molecule has 2 amide bonds. The normalized spacial score (nSPS) is 11.6. The molecule has 2 aromatic rings. The summed E-state index contributed by atoms with van der Waals surface area (Å²) in [5, 5.41) is 5.22. The molecular weight excluding hydrogens is 283 g/mol. The van der Waals surface area contributed by atoms with E-state index in [1.54, 1.807) is 50.2 Å². The monoisotopic (exact) mass is 300 g/mol. The fourth-order valence-electron chi connectivity index (χ4n) is 1.92. The van der Waals surface area contributed by atoms with E-state index >= 15 is 0 Å². The van der Waals surface area contributed by atoms with Crippen molar-refractivity contribution in [2.45, 2.75) is 19.9 Å². The molecule has 0 radical (unpaired) electrons. The zero-order valence-electron chi connectivity index (χ0n) is 12.4. The van der Waals surface area contributed by atoms with Gasteiger partial charge in [0.2, 0.25) is 5.91 Å². The predicted molar refractivity (Wildman–Crippen MR) is 83.1 cm³/mol. The molecule has 0 saturated heterocycles. The average molecular weight is 300 g/mol. The van der Waals surface area contributed by atoms with E-state index in [-0.39, 0.29) is 5.91 Å². The lowest BCUT2D eigenvalue weighted by Gasteiger charge is -2.15. The Bertz CT molecular complexity index is 686. The molecule has 0 fully saturated rings. The third-order valence-electron chi connectivity index (χ3n) is 3.30. The van der Waals surface area contributed by atoms with Crippen LogP contribution >= 0.6 is 0 Å². The quantitative estimate of drug-likeness (QED) is 0.912. The highest BCUT2D eigenvalue weighted by atomic mass is 19.1. The first-order valence-corrected chi connectivity index (χ1v) is 6.91. The summed E-state index contributed by atoms with van der Waals surface area (Å²) < 4.78 is 13.4. The van der Waals surface area contributed by atoms with Gasteiger partial charge in [0.05, 0.1) is 0 Å². The van der Waals surface area contributed by atoms with Gasteiger partial charge in [0, 0.05) is 16.8 Å². The Kier molecular flexibility index (Phi) is 4.88. The predicted octanol–water partition coefficient (Wildman–Crippen LogP) is 2.89. The SMILES string of the molecule is Cc1c(F)cccc1NC(=O)C(C)NC(=O)c1ccccc1. The van der Waals surface area contributed by atoms with Crippen molar-refractivity contribution in [2.75, 3.05) is 5.32 Å². The molecule has 0 aliphatic carbocycles. The summed E-state index contributed by atoms with van der Waals surface area (Å²) in [4.78, 5) is 24.1. The molecule has 0 heterocycles. The molecule has 2 N–H and O–H groups in total. The van der Waals surface area contributed by atoms with E-state index in [0.29, 0.717) is 16.8 Å². The highest BCUT2D eigenvalue weighted by molar-refractivity contribution is 6.01. The molecule has 2 aromatic carbocycles. The molecule has 1 atom stereocenters. The summed E-state index contributed by atoms with van der Waals surface area (Å²) in [7, 11) is 0. The van der Waals surface area contributed by atoms with Crippen LogP contribution in [0.25, 0.3) is 0 Å². The van der Waals surface area contributed by atoms with Crippen molar-refractivity contribution in [1.82, 2.24) is 5.32 Å². The molecule has 4 nitrogen and oxygen atoms in total. The largest absolute Gasteiger partial charge is 0.341 e. The van der Waals surface area contributed by atoms with Crippen LogP contribution in [-0.4, -0.2) is 17.9 Å². The summed E-state index contributed by atoms with van der Waals surface area (Å²) >= 11 is 0. The Morgan fingerprint density at radius 1 is 1.05 bits per heavy atom. The van der Waals surface area contributed by atoms with Crippen LogP contribution in [-0.2, 0) is 4.79 Å². The summed E-state index contributed by atoms with van der Waals surface area (Å²) in [5.41, 5.74) is 1.23. The minimum absolute atomic E-state index is 0.334. The molecule has 0 bridgehead atoms.